The van der Waals surface area contributed by atoms with E-state index in [1.54, 1.807) is 0 Å². The summed E-state index contributed by atoms with van der Waals surface area (Å²) in [5.74, 6) is 0.776. The highest BCUT2D eigenvalue weighted by atomic mass is 15.3. The molecule has 0 bridgehead atoms. The van der Waals surface area contributed by atoms with Crippen molar-refractivity contribution in [2.24, 2.45) is 5.92 Å². The highest BCUT2D eigenvalue weighted by molar-refractivity contribution is 5.02. The van der Waals surface area contributed by atoms with Gasteiger partial charge in [0, 0.05) is 18.7 Å². The Morgan fingerprint density at radius 3 is 2.40 bits per heavy atom. The third-order valence-electron chi connectivity index (χ3n) is 4.02. The fraction of sp³-hybridized carbons (Fsp3) is 0.824. The first-order valence-corrected chi connectivity index (χ1v) is 8.38. The Hall–Kier alpha value is -0.830. The minimum atomic E-state index is 0.553. The summed E-state index contributed by atoms with van der Waals surface area (Å²) in [6.07, 6.45) is 8.03. The Labute approximate surface area is 125 Å². The molecule has 0 aliphatic rings. The monoisotopic (exact) mass is 279 g/mol. The zero-order valence-corrected chi connectivity index (χ0v) is 14.0. The molecule has 0 radical (unpaired) electrons. The van der Waals surface area contributed by atoms with Gasteiger partial charge in [0.15, 0.2) is 0 Å². The molecule has 0 aliphatic carbocycles. The number of hydrogen-bond donors (Lipinski definition) is 1. The second-order valence-corrected chi connectivity index (χ2v) is 6.19. The lowest BCUT2D eigenvalue weighted by Crippen LogP contribution is -2.31. The third kappa shape index (κ3) is 5.66. The smallest absolute Gasteiger partial charge is 0.0640 e. The number of aromatic nitrogens is 2. The predicted molar refractivity (Wildman–Crippen MR) is 87.1 cm³/mol. The molecule has 0 aromatic carbocycles. The van der Waals surface area contributed by atoms with Crippen molar-refractivity contribution >= 4 is 0 Å². The molecule has 0 fully saturated rings. The van der Waals surface area contributed by atoms with Crippen LogP contribution < -0.4 is 5.32 Å². The molecule has 1 aromatic heterocycles. The lowest BCUT2D eigenvalue weighted by atomic mass is 10.00. The van der Waals surface area contributed by atoms with E-state index in [1.165, 1.54) is 18.5 Å². The van der Waals surface area contributed by atoms with Crippen LogP contribution >= 0.6 is 0 Å². The van der Waals surface area contributed by atoms with Gasteiger partial charge < -0.3 is 5.32 Å². The molecule has 20 heavy (non-hydrogen) atoms. The number of likely N-dealkylation sites (N-methyl/N-ethyl adjacent to an activating group) is 1. The van der Waals surface area contributed by atoms with E-state index in [4.69, 9.17) is 5.10 Å². The van der Waals surface area contributed by atoms with E-state index >= 15 is 0 Å². The Morgan fingerprint density at radius 2 is 1.85 bits per heavy atom. The van der Waals surface area contributed by atoms with Crippen molar-refractivity contribution in [2.45, 2.75) is 78.8 Å². The molecular weight excluding hydrogens is 246 g/mol. The maximum absolute atomic E-state index is 4.78. The summed E-state index contributed by atoms with van der Waals surface area (Å²) in [4.78, 5) is 0. The predicted octanol–water partition coefficient (Wildman–Crippen LogP) is 4.20. The van der Waals surface area contributed by atoms with Gasteiger partial charge in [-0.25, -0.2) is 0 Å². The maximum Gasteiger partial charge on any atom is 0.0640 e. The van der Waals surface area contributed by atoms with Crippen LogP contribution in [0.2, 0.25) is 0 Å². The van der Waals surface area contributed by atoms with Gasteiger partial charge in [-0.15, -0.1) is 0 Å². The third-order valence-corrected chi connectivity index (χ3v) is 4.02. The molecule has 3 heteroatoms. The van der Waals surface area contributed by atoms with E-state index in [1.807, 2.05) is 0 Å². The topological polar surface area (TPSA) is 29.9 Å². The summed E-state index contributed by atoms with van der Waals surface area (Å²) in [6.45, 7) is 12.3. The molecule has 0 saturated carbocycles. The van der Waals surface area contributed by atoms with Gasteiger partial charge in [0.05, 0.1) is 11.7 Å². The molecule has 0 amide bonds. The Kier molecular flexibility index (Phi) is 7.90. The van der Waals surface area contributed by atoms with Gasteiger partial charge in [-0.2, -0.15) is 5.10 Å². The zero-order chi connectivity index (χ0) is 15.0. The Bertz CT molecular complexity index is 353. The van der Waals surface area contributed by atoms with Crippen molar-refractivity contribution in [3.05, 3.63) is 18.0 Å². The van der Waals surface area contributed by atoms with Gasteiger partial charge in [0.25, 0.3) is 0 Å². The highest BCUT2D eigenvalue weighted by Gasteiger charge is 2.13. The van der Waals surface area contributed by atoms with Crippen LogP contribution in [0, 0.1) is 5.92 Å². The molecule has 3 nitrogen and oxygen atoms in total. The quantitative estimate of drug-likeness (QED) is 0.695. The molecule has 1 heterocycles. The molecule has 0 aliphatic heterocycles. The number of hydrogen-bond acceptors (Lipinski definition) is 2. The summed E-state index contributed by atoms with van der Waals surface area (Å²) >= 11 is 0. The van der Waals surface area contributed by atoms with Crippen LogP contribution in [-0.4, -0.2) is 22.4 Å². The van der Waals surface area contributed by atoms with Crippen LogP contribution in [0.25, 0.3) is 0 Å². The van der Waals surface area contributed by atoms with Crippen LogP contribution in [0.15, 0.2) is 12.3 Å². The van der Waals surface area contributed by atoms with E-state index in [0.29, 0.717) is 12.1 Å². The number of rotatable bonds is 10. The first-order valence-electron chi connectivity index (χ1n) is 8.38. The number of nitrogens with zero attached hydrogens (tertiary/aromatic N) is 2. The van der Waals surface area contributed by atoms with E-state index in [2.05, 4.69) is 56.9 Å². The van der Waals surface area contributed by atoms with Crippen molar-refractivity contribution in [1.82, 2.24) is 15.1 Å². The van der Waals surface area contributed by atoms with Crippen LogP contribution in [0.3, 0.4) is 0 Å². The molecule has 1 aromatic rings. The second kappa shape index (κ2) is 9.17. The standard InChI is InChI=1S/C17H33N3/c1-6-17(7-2)20-12-11-16(19-20)13-15(18-8-3)10-9-14(4)5/h11-12,14-15,17-18H,6-10,13H2,1-5H3. The summed E-state index contributed by atoms with van der Waals surface area (Å²) in [5, 5.41) is 8.38. The average Bonchev–Trinajstić information content (AvgIpc) is 2.86. The fourth-order valence-corrected chi connectivity index (χ4v) is 2.70. The summed E-state index contributed by atoms with van der Waals surface area (Å²) in [5.41, 5.74) is 1.23. The van der Waals surface area contributed by atoms with Crippen molar-refractivity contribution in [2.75, 3.05) is 6.54 Å². The Balaban J connectivity index is 2.59. The van der Waals surface area contributed by atoms with Gasteiger partial charge in [-0.3, -0.25) is 4.68 Å². The molecular formula is C17H33N3. The molecule has 116 valence electrons. The molecule has 1 atom stereocenters. The van der Waals surface area contributed by atoms with E-state index in [-0.39, 0.29) is 0 Å². The van der Waals surface area contributed by atoms with Crippen molar-refractivity contribution < 1.29 is 0 Å². The van der Waals surface area contributed by atoms with Gasteiger partial charge >= 0.3 is 0 Å². The normalized spacial score (nSPS) is 13.3. The zero-order valence-electron chi connectivity index (χ0n) is 14.0. The molecule has 1 N–H and O–H groups in total. The van der Waals surface area contributed by atoms with E-state index in [9.17, 15) is 0 Å². The minimum Gasteiger partial charge on any atom is -0.314 e. The second-order valence-electron chi connectivity index (χ2n) is 6.19. The SMILES string of the molecule is CCNC(CCC(C)C)Cc1ccn(C(CC)CC)n1. The Morgan fingerprint density at radius 1 is 1.15 bits per heavy atom. The van der Waals surface area contributed by atoms with Gasteiger partial charge in [-0.05, 0) is 44.2 Å². The van der Waals surface area contributed by atoms with Crippen molar-refractivity contribution in [3.63, 3.8) is 0 Å². The van der Waals surface area contributed by atoms with Gasteiger partial charge in [0.1, 0.15) is 0 Å². The fourth-order valence-electron chi connectivity index (χ4n) is 2.70. The first-order chi connectivity index (χ1) is 9.60. The first kappa shape index (κ1) is 17.2. The van der Waals surface area contributed by atoms with E-state index in [0.717, 1.165) is 31.7 Å². The maximum atomic E-state index is 4.78. The van der Waals surface area contributed by atoms with Gasteiger partial charge in [0.2, 0.25) is 0 Å². The molecule has 0 saturated heterocycles. The molecule has 0 spiro atoms. The van der Waals surface area contributed by atoms with Crippen LogP contribution in [0.1, 0.15) is 72.0 Å². The summed E-state index contributed by atoms with van der Waals surface area (Å²) in [6, 6.07) is 3.31. The van der Waals surface area contributed by atoms with Crippen LogP contribution in [0.4, 0.5) is 0 Å². The van der Waals surface area contributed by atoms with E-state index < -0.39 is 0 Å². The van der Waals surface area contributed by atoms with Crippen LogP contribution in [-0.2, 0) is 6.42 Å². The lowest BCUT2D eigenvalue weighted by Gasteiger charge is -2.18. The summed E-state index contributed by atoms with van der Waals surface area (Å²) in [7, 11) is 0. The van der Waals surface area contributed by atoms with Gasteiger partial charge in [-0.1, -0.05) is 34.6 Å². The summed E-state index contributed by atoms with van der Waals surface area (Å²) < 4.78 is 2.15. The number of nitrogens with one attached hydrogen (secondary N) is 1. The van der Waals surface area contributed by atoms with Crippen molar-refractivity contribution in [1.29, 1.82) is 0 Å². The largest absolute Gasteiger partial charge is 0.314 e. The molecule has 1 unspecified atom stereocenters. The average molecular weight is 279 g/mol. The minimum absolute atomic E-state index is 0.553. The van der Waals surface area contributed by atoms with Crippen LogP contribution in [0.5, 0.6) is 0 Å². The van der Waals surface area contributed by atoms with Crippen molar-refractivity contribution in [3.8, 4) is 0 Å². The highest BCUT2D eigenvalue weighted by Crippen LogP contribution is 2.16. The lowest BCUT2D eigenvalue weighted by molar-refractivity contribution is 0.411. The molecule has 1 rings (SSSR count).